The Balaban J connectivity index is 2.35. The molecule has 2 heterocycles. The highest BCUT2D eigenvalue weighted by Crippen LogP contribution is 2.17. The van der Waals surface area contributed by atoms with Gasteiger partial charge in [0, 0.05) is 25.7 Å². The first-order chi connectivity index (χ1) is 5.38. The molecule has 0 aliphatic carbocycles. The molecule has 1 aliphatic heterocycles. The van der Waals surface area contributed by atoms with Gasteiger partial charge >= 0.3 is 0 Å². The fourth-order valence-corrected chi connectivity index (χ4v) is 1.22. The summed E-state index contributed by atoms with van der Waals surface area (Å²) in [5.74, 6) is 0.898. The maximum atomic E-state index is 5.46. The molecular weight excluding hydrogens is 142 g/mol. The summed E-state index contributed by atoms with van der Waals surface area (Å²) in [5, 5.41) is 7.33. The molecule has 0 amide bonds. The number of aryl methyl sites for hydroxylation is 1. The molecule has 60 valence electrons. The monoisotopic (exact) mass is 153 g/mol. The lowest BCUT2D eigenvalue weighted by Gasteiger charge is -2.02. The summed E-state index contributed by atoms with van der Waals surface area (Å²) in [7, 11) is 1.89. The van der Waals surface area contributed by atoms with Crippen molar-refractivity contribution in [2.75, 3.05) is 13.2 Å². The predicted octanol–water partition coefficient (Wildman–Crippen LogP) is -0.0979. The van der Waals surface area contributed by atoms with E-state index in [2.05, 4.69) is 10.4 Å². The maximum absolute atomic E-state index is 5.46. The normalized spacial score (nSPS) is 16.8. The van der Waals surface area contributed by atoms with Crippen molar-refractivity contribution in [1.82, 2.24) is 15.1 Å². The van der Waals surface area contributed by atoms with Crippen LogP contribution in [-0.2, 0) is 13.6 Å². The van der Waals surface area contributed by atoms with E-state index in [1.165, 1.54) is 0 Å². The lowest BCUT2D eigenvalue weighted by Crippen LogP contribution is -2.16. The van der Waals surface area contributed by atoms with Crippen LogP contribution >= 0.6 is 0 Å². The van der Waals surface area contributed by atoms with Gasteiger partial charge in [0.2, 0.25) is 5.88 Å². The molecule has 0 aromatic carbocycles. The van der Waals surface area contributed by atoms with Crippen molar-refractivity contribution in [2.45, 2.75) is 6.54 Å². The van der Waals surface area contributed by atoms with Crippen LogP contribution in [0.15, 0.2) is 6.20 Å². The Morgan fingerprint density at radius 2 is 2.64 bits per heavy atom. The average molecular weight is 153 g/mol. The molecule has 0 atom stereocenters. The summed E-state index contributed by atoms with van der Waals surface area (Å²) < 4.78 is 7.22. The molecule has 1 aromatic rings. The molecule has 0 unspecified atom stereocenters. The number of aromatic nitrogens is 2. The van der Waals surface area contributed by atoms with Crippen molar-refractivity contribution in [3.05, 3.63) is 11.8 Å². The number of ether oxygens (including phenoxy) is 1. The smallest absolute Gasteiger partial charge is 0.216 e. The molecule has 0 spiro atoms. The number of hydrogen-bond acceptors (Lipinski definition) is 3. The lowest BCUT2D eigenvalue weighted by molar-refractivity contribution is 0.298. The van der Waals surface area contributed by atoms with Gasteiger partial charge in [0.25, 0.3) is 0 Å². The van der Waals surface area contributed by atoms with Gasteiger partial charge in [0.15, 0.2) is 0 Å². The Morgan fingerprint density at radius 1 is 1.73 bits per heavy atom. The highest BCUT2D eigenvalue weighted by atomic mass is 16.5. The SMILES string of the molecule is Cn1ncc2c1OCCNC2. The first-order valence-electron chi connectivity index (χ1n) is 3.72. The molecular formula is C7H11N3O. The predicted molar refractivity (Wildman–Crippen MR) is 40.4 cm³/mol. The highest BCUT2D eigenvalue weighted by molar-refractivity contribution is 5.24. The van der Waals surface area contributed by atoms with Crippen molar-refractivity contribution < 1.29 is 4.74 Å². The van der Waals surface area contributed by atoms with Crippen molar-refractivity contribution in [1.29, 1.82) is 0 Å². The molecule has 0 bridgehead atoms. The van der Waals surface area contributed by atoms with Gasteiger partial charge in [-0.1, -0.05) is 0 Å². The Labute approximate surface area is 65.2 Å². The van der Waals surface area contributed by atoms with Crippen molar-refractivity contribution in [3.8, 4) is 5.88 Å². The Morgan fingerprint density at radius 3 is 3.55 bits per heavy atom. The molecule has 0 radical (unpaired) electrons. The lowest BCUT2D eigenvalue weighted by atomic mass is 10.3. The second-order valence-corrected chi connectivity index (χ2v) is 2.62. The number of nitrogens with one attached hydrogen (secondary N) is 1. The van der Waals surface area contributed by atoms with Gasteiger partial charge in [0.05, 0.1) is 6.20 Å². The van der Waals surface area contributed by atoms with Crippen molar-refractivity contribution in [3.63, 3.8) is 0 Å². The summed E-state index contributed by atoms with van der Waals surface area (Å²) in [6, 6.07) is 0. The maximum Gasteiger partial charge on any atom is 0.216 e. The van der Waals surface area contributed by atoms with Gasteiger partial charge in [-0.15, -0.1) is 0 Å². The van der Waals surface area contributed by atoms with E-state index in [1.807, 2.05) is 13.2 Å². The van der Waals surface area contributed by atoms with Crippen LogP contribution in [0.5, 0.6) is 5.88 Å². The molecule has 2 rings (SSSR count). The number of hydrogen-bond donors (Lipinski definition) is 1. The first-order valence-corrected chi connectivity index (χ1v) is 3.72. The minimum absolute atomic E-state index is 0.729. The first kappa shape index (κ1) is 6.67. The number of nitrogens with zero attached hydrogens (tertiary/aromatic N) is 2. The van der Waals surface area contributed by atoms with Gasteiger partial charge < -0.3 is 10.1 Å². The molecule has 11 heavy (non-hydrogen) atoms. The molecule has 0 fully saturated rings. The molecule has 1 aliphatic rings. The van der Waals surface area contributed by atoms with E-state index in [0.29, 0.717) is 0 Å². The minimum atomic E-state index is 0.729. The molecule has 0 saturated carbocycles. The fraction of sp³-hybridized carbons (Fsp3) is 0.571. The zero-order chi connectivity index (χ0) is 7.68. The summed E-state index contributed by atoms with van der Waals surface area (Å²) in [4.78, 5) is 0. The van der Waals surface area contributed by atoms with E-state index in [9.17, 15) is 0 Å². The second kappa shape index (κ2) is 2.54. The third-order valence-electron chi connectivity index (χ3n) is 1.79. The molecule has 4 nitrogen and oxygen atoms in total. The summed E-state index contributed by atoms with van der Waals surface area (Å²) in [5.41, 5.74) is 1.14. The van der Waals surface area contributed by atoms with Gasteiger partial charge in [-0.3, -0.25) is 0 Å². The molecule has 1 aromatic heterocycles. The van der Waals surface area contributed by atoms with E-state index in [-0.39, 0.29) is 0 Å². The van der Waals surface area contributed by atoms with Gasteiger partial charge in [-0.25, -0.2) is 4.68 Å². The van der Waals surface area contributed by atoms with Crippen LogP contribution in [0.4, 0.5) is 0 Å². The van der Waals surface area contributed by atoms with E-state index in [4.69, 9.17) is 4.74 Å². The largest absolute Gasteiger partial charge is 0.476 e. The van der Waals surface area contributed by atoms with Crippen LogP contribution in [0.1, 0.15) is 5.56 Å². The minimum Gasteiger partial charge on any atom is -0.476 e. The Kier molecular flexibility index (Phi) is 1.54. The quantitative estimate of drug-likeness (QED) is 0.565. The van der Waals surface area contributed by atoms with Crippen molar-refractivity contribution >= 4 is 0 Å². The third-order valence-corrected chi connectivity index (χ3v) is 1.79. The number of rotatable bonds is 0. The van der Waals surface area contributed by atoms with Gasteiger partial charge in [-0.05, 0) is 0 Å². The van der Waals surface area contributed by atoms with Gasteiger partial charge in [-0.2, -0.15) is 5.10 Å². The van der Waals surface area contributed by atoms with Gasteiger partial charge in [0.1, 0.15) is 6.61 Å². The summed E-state index contributed by atoms with van der Waals surface area (Å²) >= 11 is 0. The second-order valence-electron chi connectivity index (χ2n) is 2.62. The standard InChI is InChI=1S/C7H11N3O/c1-10-7-6(5-9-10)4-8-2-3-11-7/h5,8H,2-4H2,1H3. The van der Waals surface area contributed by atoms with E-state index >= 15 is 0 Å². The topological polar surface area (TPSA) is 39.1 Å². The summed E-state index contributed by atoms with van der Waals surface area (Å²) in [6.07, 6.45) is 1.84. The van der Waals surface area contributed by atoms with Crippen LogP contribution < -0.4 is 10.1 Å². The van der Waals surface area contributed by atoms with Crippen LogP contribution in [-0.4, -0.2) is 22.9 Å². The fourth-order valence-electron chi connectivity index (χ4n) is 1.22. The van der Waals surface area contributed by atoms with E-state index < -0.39 is 0 Å². The van der Waals surface area contributed by atoms with Crippen molar-refractivity contribution in [2.24, 2.45) is 7.05 Å². The van der Waals surface area contributed by atoms with Crippen LogP contribution in [0, 0.1) is 0 Å². The number of fused-ring (bicyclic) bond motifs is 1. The molecule has 4 heteroatoms. The highest BCUT2D eigenvalue weighted by Gasteiger charge is 2.11. The average Bonchev–Trinajstić information content (AvgIpc) is 2.25. The zero-order valence-corrected chi connectivity index (χ0v) is 6.50. The Hall–Kier alpha value is -1.03. The third kappa shape index (κ3) is 1.09. The Bertz CT molecular complexity index is 256. The van der Waals surface area contributed by atoms with Crippen LogP contribution in [0.3, 0.4) is 0 Å². The molecule has 1 N–H and O–H groups in total. The van der Waals surface area contributed by atoms with Crippen LogP contribution in [0.25, 0.3) is 0 Å². The van der Waals surface area contributed by atoms with Crippen LogP contribution in [0.2, 0.25) is 0 Å². The van der Waals surface area contributed by atoms with E-state index in [0.717, 1.165) is 31.1 Å². The molecule has 0 saturated heterocycles. The van der Waals surface area contributed by atoms with E-state index in [1.54, 1.807) is 4.68 Å². The summed E-state index contributed by atoms with van der Waals surface area (Å²) in [6.45, 7) is 2.50. The zero-order valence-electron chi connectivity index (χ0n) is 6.50.